The normalized spacial score (nSPS) is 12.7. The van der Waals surface area contributed by atoms with E-state index in [2.05, 4.69) is 119 Å². The van der Waals surface area contributed by atoms with Crippen molar-refractivity contribution in [3.63, 3.8) is 0 Å². The number of rotatable bonds is 6. The van der Waals surface area contributed by atoms with Gasteiger partial charge in [0.25, 0.3) is 0 Å². The van der Waals surface area contributed by atoms with Gasteiger partial charge in [0.1, 0.15) is 0 Å². The Labute approximate surface area is 197 Å². The zero-order chi connectivity index (χ0) is 21.1. The van der Waals surface area contributed by atoms with Crippen LogP contribution in [-0.2, 0) is 6.16 Å². The fourth-order valence-electron chi connectivity index (χ4n) is 4.06. The Morgan fingerprint density at radius 3 is 1.50 bits per heavy atom. The van der Waals surface area contributed by atoms with E-state index in [1.807, 2.05) is 12.1 Å². The van der Waals surface area contributed by atoms with Crippen LogP contribution in [0.15, 0.2) is 114 Å². The minimum absolute atomic E-state index is 0.830. The third kappa shape index (κ3) is 3.68. The van der Waals surface area contributed by atoms with Crippen LogP contribution in [-0.4, -0.2) is 7.11 Å². The van der Waals surface area contributed by atoms with Crippen LogP contribution in [0.1, 0.15) is 5.56 Å². The van der Waals surface area contributed by atoms with Crippen molar-refractivity contribution in [2.75, 3.05) is 7.11 Å². The molecule has 0 aliphatic rings. The van der Waals surface area contributed by atoms with E-state index in [1.165, 1.54) is 21.5 Å². The molecule has 0 amide bonds. The van der Waals surface area contributed by atoms with Crippen molar-refractivity contribution in [1.29, 1.82) is 0 Å². The fourth-order valence-corrected chi connectivity index (χ4v) is 13.2. The van der Waals surface area contributed by atoms with Gasteiger partial charge in [0.05, 0.1) is 0 Å². The van der Waals surface area contributed by atoms with Crippen molar-refractivity contribution in [3.05, 3.63) is 115 Å². The molecule has 0 aliphatic carbocycles. The average molecular weight is 542 g/mol. The number of methoxy groups -OCH3 is 1. The number of halogens is 1. The molecule has 30 heavy (non-hydrogen) atoms. The first-order valence-electron chi connectivity index (χ1n) is 9.82. The van der Waals surface area contributed by atoms with Gasteiger partial charge in [-0.25, -0.2) is 0 Å². The molecule has 4 rings (SSSR count). The summed E-state index contributed by atoms with van der Waals surface area (Å²) in [4.78, 5) is 0.961. The number of thiol groups is 1. The third-order valence-corrected chi connectivity index (χ3v) is 17.2. The average Bonchev–Trinajstić information content (AvgIpc) is 2.82. The standard InChI is InChI=1S/C26H24IOPS/c1-28-22-18-17-21(26(30)19-22)20-29(27,23-11-5-2-6-12-23,24-13-7-3-8-14-24)25-15-9-4-10-16-25/h2-19,30H,20H2,1H3. The quantitative estimate of drug-likeness (QED) is 0.170. The SMILES string of the molecule is COc1ccc(CP(I)(c2ccccc2)(c2ccccc2)c2ccccc2)c(S)c1. The molecule has 0 N–H and O–H groups in total. The van der Waals surface area contributed by atoms with Crippen LogP contribution in [0, 0.1) is 0 Å². The van der Waals surface area contributed by atoms with Crippen molar-refractivity contribution < 1.29 is 4.74 Å². The van der Waals surface area contributed by atoms with Crippen molar-refractivity contribution in [1.82, 2.24) is 0 Å². The summed E-state index contributed by atoms with van der Waals surface area (Å²) in [5, 5.41) is 4.10. The van der Waals surface area contributed by atoms with Crippen LogP contribution in [0.2, 0.25) is 0 Å². The van der Waals surface area contributed by atoms with E-state index in [9.17, 15) is 0 Å². The summed E-state index contributed by atoms with van der Waals surface area (Å²) in [5.41, 5.74) is 1.22. The Morgan fingerprint density at radius 2 is 1.13 bits per heavy atom. The van der Waals surface area contributed by atoms with E-state index in [0.717, 1.165) is 16.8 Å². The van der Waals surface area contributed by atoms with E-state index in [0.29, 0.717) is 0 Å². The van der Waals surface area contributed by atoms with E-state index in [4.69, 9.17) is 17.4 Å². The summed E-state index contributed by atoms with van der Waals surface area (Å²) < 4.78 is 2.56. The van der Waals surface area contributed by atoms with Crippen LogP contribution < -0.4 is 20.7 Å². The van der Waals surface area contributed by atoms with Gasteiger partial charge in [-0.3, -0.25) is 0 Å². The van der Waals surface area contributed by atoms with Crippen molar-refractivity contribution in [2.45, 2.75) is 11.1 Å². The monoisotopic (exact) mass is 542 g/mol. The molecule has 1 nitrogen and oxygen atoms in total. The van der Waals surface area contributed by atoms with Crippen LogP contribution in [0.5, 0.6) is 5.75 Å². The van der Waals surface area contributed by atoms with Gasteiger partial charge in [0.15, 0.2) is 0 Å². The van der Waals surface area contributed by atoms with Gasteiger partial charge in [-0.1, -0.05) is 0 Å². The number of hydrogen-bond acceptors (Lipinski definition) is 2. The summed E-state index contributed by atoms with van der Waals surface area (Å²) in [7, 11) is 1.69. The van der Waals surface area contributed by atoms with Crippen molar-refractivity contribution in [3.8, 4) is 5.75 Å². The zero-order valence-electron chi connectivity index (χ0n) is 16.8. The molecule has 4 aromatic rings. The number of benzene rings is 4. The van der Waals surface area contributed by atoms with Crippen LogP contribution in [0.25, 0.3) is 0 Å². The molecule has 4 heteroatoms. The predicted molar refractivity (Wildman–Crippen MR) is 143 cm³/mol. The molecule has 0 bridgehead atoms. The first kappa shape index (κ1) is 21.4. The number of ether oxygens (including phenoxy) is 1. The van der Waals surface area contributed by atoms with Gasteiger partial charge >= 0.3 is 198 Å². The summed E-state index contributed by atoms with van der Waals surface area (Å²) >= 11 is 7.65. The molecule has 0 atom stereocenters. The topological polar surface area (TPSA) is 9.23 Å². The van der Waals surface area contributed by atoms with E-state index in [-0.39, 0.29) is 0 Å². The molecule has 4 aromatic carbocycles. The maximum absolute atomic E-state index is 5.42. The molecule has 0 spiro atoms. The molecule has 0 heterocycles. The molecule has 0 aliphatic heterocycles. The second-order valence-corrected chi connectivity index (χ2v) is 18.4. The van der Waals surface area contributed by atoms with Gasteiger partial charge in [-0.05, 0) is 0 Å². The van der Waals surface area contributed by atoms with Crippen LogP contribution in [0.3, 0.4) is 0 Å². The second-order valence-electron chi connectivity index (χ2n) is 7.34. The summed E-state index contributed by atoms with van der Waals surface area (Å²) in [6.45, 7) is 0. The van der Waals surface area contributed by atoms with Crippen molar-refractivity contribution in [2.24, 2.45) is 0 Å². The Balaban J connectivity index is 2.06. The van der Waals surface area contributed by atoms with Gasteiger partial charge in [-0.15, -0.1) is 0 Å². The molecule has 0 saturated heterocycles. The Morgan fingerprint density at radius 1 is 0.700 bits per heavy atom. The minimum atomic E-state index is -2.86. The van der Waals surface area contributed by atoms with Crippen LogP contribution >= 0.6 is 38.9 Å². The van der Waals surface area contributed by atoms with Crippen molar-refractivity contribution >= 4 is 54.8 Å². The molecule has 0 saturated carbocycles. The molecular weight excluding hydrogens is 518 g/mol. The first-order chi connectivity index (χ1) is 14.6. The van der Waals surface area contributed by atoms with E-state index < -0.39 is 4.25 Å². The van der Waals surface area contributed by atoms with Gasteiger partial charge in [-0.2, -0.15) is 0 Å². The molecule has 0 fully saturated rings. The summed E-state index contributed by atoms with van der Waals surface area (Å²) in [6, 6.07) is 39.1. The summed E-state index contributed by atoms with van der Waals surface area (Å²) in [6.07, 6.45) is 0.882. The van der Waals surface area contributed by atoms with Gasteiger partial charge in [0, 0.05) is 0 Å². The van der Waals surface area contributed by atoms with E-state index in [1.54, 1.807) is 7.11 Å². The molecule has 0 aromatic heterocycles. The van der Waals surface area contributed by atoms with Crippen LogP contribution in [0.4, 0.5) is 0 Å². The molecule has 0 unspecified atom stereocenters. The molecule has 152 valence electrons. The Bertz CT molecular complexity index is 1030. The Hall–Kier alpha value is -1.81. The molecular formula is C26H24IOPS. The van der Waals surface area contributed by atoms with Gasteiger partial charge in [0.2, 0.25) is 0 Å². The molecule has 0 radical (unpaired) electrons. The summed E-state index contributed by atoms with van der Waals surface area (Å²) in [5.74, 6) is 0.830. The third-order valence-electron chi connectivity index (χ3n) is 5.64. The fraction of sp³-hybridized carbons (Fsp3) is 0.0769. The number of hydrogen-bond donors (Lipinski definition) is 1. The van der Waals surface area contributed by atoms with E-state index >= 15 is 0 Å². The maximum atomic E-state index is 5.42. The first-order valence-corrected chi connectivity index (χ1v) is 15.5. The predicted octanol–water partition coefficient (Wildman–Crippen LogP) is 6.36. The second kappa shape index (κ2) is 8.74. The van der Waals surface area contributed by atoms with Gasteiger partial charge < -0.3 is 0 Å². The zero-order valence-corrected chi connectivity index (χ0v) is 20.7. The Kier molecular flexibility index (Phi) is 6.24.